The second-order valence-corrected chi connectivity index (χ2v) is 9.23. The van der Waals surface area contributed by atoms with E-state index in [9.17, 15) is 17.2 Å². The molecule has 182 valence electrons. The number of aromatic nitrogens is 3. The number of pyridine rings is 2. The number of anilines is 1. The molecule has 2 N–H and O–H groups in total. The molecule has 0 amide bonds. The summed E-state index contributed by atoms with van der Waals surface area (Å²) in [6, 6.07) is 11.9. The first-order chi connectivity index (χ1) is 16.8. The Kier molecular flexibility index (Phi) is 7.03. The maximum atomic E-state index is 14.6. The van der Waals surface area contributed by atoms with E-state index in [0.29, 0.717) is 17.3 Å². The van der Waals surface area contributed by atoms with Crippen molar-refractivity contribution in [3.05, 3.63) is 83.3 Å². The fraction of sp³-hybridized carbons (Fsp3) is 0.174. The summed E-state index contributed by atoms with van der Waals surface area (Å²) in [5.74, 6) is -0.938. The molecule has 0 saturated heterocycles. The summed E-state index contributed by atoms with van der Waals surface area (Å²) in [5.41, 5.74) is 1.87. The molecule has 0 saturated carbocycles. The molecule has 0 aliphatic rings. The quantitative estimate of drug-likeness (QED) is 0.355. The molecule has 1 aromatic carbocycles. The van der Waals surface area contributed by atoms with Crippen molar-refractivity contribution in [3.8, 4) is 17.2 Å². The topological polar surface area (TPSA) is 119 Å². The predicted octanol–water partition coefficient (Wildman–Crippen LogP) is 3.82. The summed E-state index contributed by atoms with van der Waals surface area (Å²) >= 11 is 0. The Hall–Kier alpha value is -3.90. The highest BCUT2D eigenvalue weighted by atomic mass is 32.2. The summed E-state index contributed by atoms with van der Waals surface area (Å²) in [5, 5.41) is 6.56. The minimum Gasteiger partial charge on any atom is -0.481 e. The van der Waals surface area contributed by atoms with Crippen LogP contribution in [0.1, 0.15) is 17.0 Å². The third-order valence-corrected chi connectivity index (χ3v) is 6.44. The first-order valence-electron chi connectivity index (χ1n) is 10.4. The van der Waals surface area contributed by atoms with Crippen LogP contribution in [0.25, 0.3) is 11.3 Å². The van der Waals surface area contributed by atoms with Gasteiger partial charge in [-0.15, -0.1) is 0 Å². The Balaban J connectivity index is 1.42. The van der Waals surface area contributed by atoms with Crippen molar-refractivity contribution < 1.29 is 26.5 Å². The summed E-state index contributed by atoms with van der Waals surface area (Å²) in [7, 11) is -2.60. The van der Waals surface area contributed by atoms with Gasteiger partial charge in [-0.3, -0.25) is 0 Å². The number of benzene rings is 1. The number of methoxy groups -OCH3 is 1. The van der Waals surface area contributed by atoms with Crippen LogP contribution in [-0.2, 0) is 23.1 Å². The van der Waals surface area contributed by atoms with E-state index < -0.39 is 21.7 Å². The summed E-state index contributed by atoms with van der Waals surface area (Å²) in [4.78, 5) is 7.75. The lowest BCUT2D eigenvalue weighted by Gasteiger charge is -2.10. The minimum absolute atomic E-state index is 0.0208. The molecule has 35 heavy (non-hydrogen) atoms. The van der Waals surface area contributed by atoms with Crippen LogP contribution in [0.3, 0.4) is 0 Å². The molecule has 0 spiro atoms. The van der Waals surface area contributed by atoms with Crippen LogP contribution in [0.15, 0.2) is 64.1 Å². The summed E-state index contributed by atoms with van der Waals surface area (Å²) < 4.78 is 66.4. The van der Waals surface area contributed by atoms with Crippen molar-refractivity contribution in [2.45, 2.75) is 24.9 Å². The zero-order valence-corrected chi connectivity index (χ0v) is 19.6. The van der Waals surface area contributed by atoms with Crippen molar-refractivity contribution in [1.82, 2.24) is 19.8 Å². The van der Waals surface area contributed by atoms with E-state index in [1.165, 1.54) is 19.2 Å². The van der Waals surface area contributed by atoms with Gasteiger partial charge >= 0.3 is 0 Å². The third-order valence-electron chi connectivity index (χ3n) is 5.08. The average Bonchev–Trinajstić information content (AvgIpc) is 3.32. The molecule has 0 atom stereocenters. The lowest BCUT2D eigenvalue weighted by atomic mass is 10.1. The van der Waals surface area contributed by atoms with E-state index in [0.717, 1.165) is 17.8 Å². The zero-order chi connectivity index (χ0) is 25.0. The van der Waals surface area contributed by atoms with Crippen molar-refractivity contribution in [1.29, 1.82) is 0 Å². The smallest absolute Gasteiger partial charge is 0.242 e. The highest BCUT2D eigenvalue weighted by molar-refractivity contribution is 7.89. The maximum absolute atomic E-state index is 14.6. The van der Waals surface area contributed by atoms with E-state index in [2.05, 4.69) is 25.2 Å². The van der Waals surface area contributed by atoms with Crippen molar-refractivity contribution in [2.75, 3.05) is 12.4 Å². The van der Waals surface area contributed by atoms with Gasteiger partial charge in [0.1, 0.15) is 16.4 Å². The third kappa shape index (κ3) is 5.61. The minimum atomic E-state index is -4.06. The lowest BCUT2D eigenvalue weighted by Crippen LogP contribution is -2.24. The molecule has 3 heterocycles. The fourth-order valence-corrected chi connectivity index (χ4v) is 4.09. The number of nitrogens with zero attached hydrogens (tertiary/aromatic N) is 3. The van der Waals surface area contributed by atoms with Crippen LogP contribution in [-0.4, -0.2) is 30.7 Å². The maximum Gasteiger partial charge on any atom is 0.242 e. The normalized spacial score (nSPS) is 11.4. The van der Waals surface area contributed by atoms with Crippen molar-refractivity contribution in [3.63, 3.8) is 0 Å². The number of aryl methyl sites for hydroxylation is 1. The number of hydrogen-bond acceptors (Lipinski definition) is 8. The van der Waals surface area contributed by atoms with E-state index in [1.54, 1.807) is 37.3 Å². The Morgan fingerprint density at radius 3 is 2.60 bits per heavy atom. The second-order valence-electron chi connectivity index (χ2n) is 7.46. The molecule has 0 aliphatic heterocycles. The number of sulfonamides is 1. The Labute approximate surface area is 200 Å². The Morgan fingerprint density at radius 2 is 1.86 bits per heavy atom. The van der Waals surface area contributed by atoms with Crippen LogP contribution in [0.2, 0.25) is 0 Å². The number of halogens is 2. The predicted molar refractivity (Wildman–Crippen MR) is 123 cm³/mol. The van der Waals surface area contributed by atoms with Gasteiger partial charge in [-0.2, -0.15) is 0 Å². The highest BCUT2D eigenvalue weighted by Crippen LogP contribution is 2.24. The molecule has 0 aliphatic carbocycles. The van der Waals surface area contributed by atoms with Gasteiger partial charge in [-0.25, -0.2) is 31.9 Å². The van der Waals surface area contributed by atoms with Gasteiger partial charge in [0.25, 0.3) is 0 Å². The molecule has 4 aromatic rings. The largest absolute Gasteiger partial charge is 0.481 e. The van der Waals surface area contributed by atoms with Gasteiger partial charge in [-0.05, 0) is 30.7 Å². The molecular weight excluding hydrogens is 480 g/mol. The highest BCUT2D eigenvalue weighted by Gasteiger charge is 2.19. The molecule has 0 bridgehead atoms. The summed E-state index contributed by atoms with van der Waals surface area (Å²) in [6.07, 6.45) is 1.03. The van der Waals surface area contributed by atoms with Crippen LogP contribution < -0.4 is 14.8 Å². The molecule has 0 unspecified atom stereocenters. The average molecular weight is 502 g/mol. The van der Waals surface area contributed by atoms with Crippen LogP contribution in [0.5, 0.6) is 5.88 Å². The number of rotatable bonds is 9. The Morgan fingerprint density at radius 1 is 1.06 bits per heavy atom. The van der Waals surface area contributed by atoms with Gasteiger partial charge in [0.05, 0.1) is 31.5 Å². The first-order valence-corrected chi connectivity index (χ1v) is 11.9. The zero-order valence-electron chi connectivity index (χ0n) is 18.7. The molecule has 0 fully saturated rings. The lowest BCUT2D eigenvalue weighted by molar-refractivity contribution is 0.396. The van der Waals surface area contributed by atoms with Gasteiger partial charge in [0.2, 0.25) is 15.9 Å². The monoisotopic (exact) mass is 501 g/mol. The van der Waals surface area contributed by atoms with Crippen LogP contribution in [0.4, 0.5) is 14.6 Å². The standard InChI is InChI=1S/C23H21F2N5O4S/c1-14-7-8-22(33-2)29-20(14)13-28-35(31,32)16-10-19(25)23(27-12-16)26-11-15-9-21(34-30-15)17-5-3-4-6-18(17)24/h3-10,12,28H,11,13H2,1-2H3,(H,26,27). The Bertz CT molecular complexity index is 1460. The van der Waals surface area contributed by atoms with Crippen LogP contribution >= 0.6 is 0 Å². The van der Waals surface area contributed by atoms with Crippen molar-refractivity contribution in [2.24, 2.45) is 0 Å². The molecule has 0 radical (unpaired) electrons. The van der Waals surface area contributed by atoms with Crippen LogP contribution in [0, 0.1) is 18.6 Å². The van der Waals surface area contributed by atoms with E-state index >= 15 is 0 Å². The molecule has 12 heteroatoms. The SMILES string of the molecule is COc1ccc(C)c(CNS(=O)(=O)c2cnc(NCc3cc(-c4ccccc4F)on3)c(F)c2)n1. The molecular formula is C23H21F2N5O4S. The molecule has 9 nitrogen and oxygen atoms in total. The van der Waals surface area contributed by atoms with E-state index in [1.807, 2.05) is 0 Å². The molecule has 3 aromatic heterocycles. The number of nitrogens with one attached hydrogen (secondary N) is 2. The summed E-state index contributed by atoms with van der Waals surface area (Å²) in [6.45, 7) is 1.70. The van der Waals surface area contributed by atoms with E-state index in [-0.39, 0.29) is 35.1 Å². The fourth-order valence-electron chi connectivity index (χ4n) is 3.15. The van der Waals surface area contributed by atoms with Crippen molar-refractivity contribution >= 4 is 15.8 Å². The number of hydrogen-bond donors (Lipinski definition) is 2. The van der Waals surface area contributed by atoms with Gasteiger partial charge in [0, 0.05) is 18.3 Å². The van der Waals surface area contributed by atoms with Gasteiger partial charge < -0.3 is 14.6 Å². The number of ether oxygens (including phenoxy) is 1. The van der Waals surface area contributed by atoms with Gasteiger partial charge in [-0.1, -0.05) is 23.4 Å². The molecule has 4 rings (SSSR count). The van der Waals surface area contributed by atoms with E-state index in [4.69, 9.17) is 9.26 Å². The van der Waals surface area contributed by atoms with Gasteiger partial charge in [0.15, 0.2) is 17.4 Å². The first kappa shape index (κ1) is 24.2. The second kappa shape index (κ2) is 10.2.